The van der Waals surface area contributed by atoms with Gasteiger partial charge < -0.3 is 35.4 Å². The smallest absolute Gasteiger partial charge is 0.253 e. The lowest BCUT2D eigenvalue weighted by atomic mass is 9.65. The molecule has 4 saturated heterocycles. The highest BCUT2D eigenvalue weighted by Gasteiger charge is 2.62. The van der Waals surface area contributed by atoms with E-state index in [0.29, 0.717) is 57.1 Å². The number of carbonyl (C=O) groups is 4. The molecule has 0 radical (unpaired) electrons. The summed E-state index contributed by atoms with van der Waals surface area (Å²) in [7, 11) is 0. The lowest BCUT2D eigenvalue weighted by molar-refractivity contribution is -0.227. The molecule has 6 atom stereocenters. The van der Waals surface area contributed by atoms with Gasteiger partial charge in [-0.2, -0.15) is 0 Å². The van der Waals surface area contributed by atoms with Crippen molar-refractivity contribution in [2.45, 2.75) is 114 Å². The van der Waals surface area contributed by atoms with Gasteiger partial charge in [0.25, 0.3) is 11.8 Å². The van der Waals surface area contributed by atoms with Crippen LogP contribution in [0.15, 0.2) is 158 Å². The van der Waals surface area contributed by atoms with Gasteiger partial charge in [-0.05, 0) is 135 Å². The van der Waals surface area contributed by atoms with Gasteiger partial charge in [0, 0.05) is 51.2 Å². The second-order valence-electron chi connectivity index (χ2n) is 21.9. The topological polar surface area (TPSA) is 155 Å². The summed E-state index contributed by atoms with van der Waals surface area (Å²) in [5.74, 6) is -0.528. The van der Waals surface area contributed by atoms with Crippen LogP contribution in [-0.4, -0.2) is 114 Å². The molecule has 85 heavy (non-hydrogen) atoms. The van der Waals surface area contributed by atoms with Gasteiger partial charge in [0.1, 0.15) is 34.7 Å². The summed E-state index contributed by atoms with van der Waals surface area (Å²) in [6.07, 6.45) is 6.39. The van der Waals surface area contributed by atoms with Gasteiger partial charge >= 0.3 is 0 Å². The number of rotatable bonds is 14. The van der Waals surface area contributed by atoms with Crippen molar-refractivity contribution in [1.29, 1.82) is 0 Å². The molecule has 0 aliphatic carbocycles. The van der Waals surface area contributed by atoms with Gasteiger partial charge in [0.2, 0.25) is 11.8 Å². The van der Waals surface area contributed by atoms with Crippen LogP contribution in [0.1, 0.15) is 122 Å². The number of halogens is 6. The average molecular weight is 1280 g/mol. The number of amides is 4. The highest BCUT2D eigenvalue weighted by molar-refractivity contribution is 6.42. The highest BCUT2D eigenvalue weighted by Crippen LogP contribution is 2.54. The molecule has 4 fully saturated rings. The monoisotopic (exact) mass is 1280 g/mol. The summed E-state index contributed by atoms with van der Waals surface area (Å²) in [5.41, 5.74) is 0.180. The van der Waals surface area contributed by atoms with Crippen LogP contribution in [0.5, 0.6) is 0 Å². The first-order valence-electron chi connectivity index (χ1n) is 28.7. The molecular formula is C66H78Cl6N6O7. The van der Waals surface area contributed by atoms with E-state index in [1.807, 2.05) is 155 Å². The minimum atomic E-state index is -1.19. The minimum Gasteiger partial charge on any atom is -0.412 e. The fourth-order valence-electron chi connectivity index (χ4n) is 13.1. The fraction of sp³-hybridized carbons (Fsp3) is 0.394. The van der Waals surface area contributed by atoms with Crippen LogP contribution >= 0.6 is 71.2 Å². The summed E-state index contributed by atoms with van der Waals surface area (Å²) < 4.78 is 14.8. The molecule has 0 spiro atoms. The van der Waals surface area contributed by atoms with E-state index in [0.717, 1.165) is 87.0 Å². The highest BCUT2D eigenvalue weighted by atomic mass is 35.5. The van der Waals surface area contributed by atoms with Crippen LogP contribution in [0.4, 0.5) is 0 Å². The molecular weight excluding hydrogens is 1200 g/mol. The van der Waals surface area contributed by atoms with Crippen LogP contribution in [0.3, 0.4) is 0 Å². The number of hydrogen-bond donors (Lipinski definition) is 2. The van der Waals surface area contributed by atoms with Gasteiger partial charge in [-0.1, -0.05) is 169 Å². The molecule has 4 amide bonds. The predicted octanol–water partition coefficient (Wildman–Crippen LogP) is 13.2. The predicted molar refractivity (Wildman–Crippen MR) is 344 cm³/mol. The van der Waals surface area contributed by atoms with E-state index in [2.05, 4.69) is 34.3 Å². The third-order valence-corrected chi connectivity index (χ3v) is 18.5. The number of nitrogens with zero attached hydrogens (tertiary/aromatic N) is 4. The van der Waals surface area contributed by atoms with Crippen LogP contribution in [0, 0.1) is 0 Å². The third kappa shape index (κ3) is 14.5. The molecule has 13 nitrogen and oxygen atoms in total. The van der Waals surface area contributed by atoms with Crippen LogP contribution in [-0.2, 0) is 41.3 Å². The molecule has 19 heteroatoms. The maximum absolute atomic E-state index is 13.9. The quantitative estimate of drug-likeness (QED) is 0.109. The Labute approximate surface area is 533 Å². The van der Waals surface area contributed by atoms with Crippen molar-refractivity contribution in [3.8, 4) is 0 Å². The second-order valence-corrected chi connectivity index (χ2v) is 23.5. The Morgan fingerprint density at radius 1 is 0.471 bits per heavy atom. The van der Waals surface area contributed by atoms with E-state index in [1.165, 1.54) is 13.8 Å². The zero-order chi connectivity index (χ0) is 58.1. The van der Waals surface area contributed by atoms with Crippen molar-refractivity contribution in [1.82, 2.24) is 30.2 Å². The van der Waals surface area contributed by atoms with E-state index < -0.39 is 22.3 Å². The molecule has 4 heterocycles. The molecule has 0 aromatic heterocycles. The number of benzene rings is 6. The number of carbonyl (C=O) groups excluding carboxylic acids is 4. The number of hydrogen-bond acceptors (Lipinski definition) is 8. The van der Waals surface area contributed by atoms with Crippen molar-refractivity contribution < 1.29 is 34.1 Å². The van der Waals surface area contributed by atoms with E-state index in [9.17, 15) is 19.2 Å². The zero-order valence-corrected chi connectivity index (χ0v) is 53.2. The summed E-state index contributed by atoms with van der Waals surface area (Å²) in [4.78, 5) is 62.4. The Kier molecular flexibility index (Phi) is 24.8. The Hall–Kier alpha value is -5.26. The molecule has 4 aliphatic rings. The Morgan fingerprint density at radius 2 is 0.812 bits per heavy atom. The molecule has 10 rings (SSSR count). The van der Waals surface area contributed by atoms with Gasteiger partial charge in [-0.15, -0.1) is 24.8 Å². The lowest BCUT2D eigenvalue weighted by Crippen LogP contribution is -2.70. The lowest BCUT2D eigenvalue weighted by Gasteiger charge is -2.58. The summed E-state index contributed by atoms with van der Waals surface area (Å²) in [6, 6.07) is 49.5. The van der Waals surface area contributed by atoms with E-state index in [4.69, 9.17) is 55.9 Å². The number of piperidine rings is 4. The van der Waals surface area contributed by atoms with Gasteiger partial charge in [0.05, 0.1) is 33.2 Å². The van der Waals surface area contributed by atoms with Crippen LogP contribution in [0.2, 0.25) is 20.1 Å². The van der Waals surface area contributed by atoms with Gasteiger partial charge in [0.15, 0.2) is 0 Å². The van der Waals surface area contributed by atoms with Crippen LogP contribution < -0.4 is 10.6 Å². The molecule has 6 aromatic carbocycles. The van der Waals surface area contributed by atoms with Crippen molar-refractivity contribution in [2.75, 3.05) is 52.4 Å². The van der Waals surface area contributed by atoms with Crippen molar-refractivity contribution in [3.05, 3.63) is 211 Å². The molecule has 456 valence electrons. The summed E-state index contributed by atoms with van der Waals surface area (Å²) in [5, 5.41) is 8.35. The first-order chi connectivity index (χ1) is 39.6. The number of likely N-dealkylation sites (tertiary alicyclic amines) is 4. The number of ether oxygens (including phenoxy) is 2. The Bertz CT molecular complexity index is 2970. The summed E-state index contributed by atoms with van der Waals surface area (Å²) >= 11 is 26.2. The van der Waals surface area contributed by atoms with E-state index in [-0.39, 0.29) is 79.5 Å². The van der Waals surface area contributed by atoms with Crippen molar-refractivity contribution >= 4 is 94.8 Å². The Balaban J connectivity index is 0.000000263. The Morgan fingerprint density at radius 3 is 1.13 bits per heavy atom. The van der Waals surface area contributed by atoms with Crippen molar-refractivity contribution in [2.24, 2.45) is 0 Å². The molecule has 4 aliphatic heterocycles. The summed E-state index contributed by atoms with van der Waals surface area (Å²) in [6.45, 7) is 12.1. The fourth-order valence-corrected chi connectivity index (χ4v) is 13.7. The standard InChI is InChI=1S/2C33H37Cl2N3O3.2ClH.H2O/c2*1-3-37-20-11-10-16-30(37)41-33(27-17-18-28(34)29(35)22-27)23-38(31(40)25-12-6-4-7-13-25)21-19-32(33,36-24(2)39)26-14-8-5-9-15-26;;;/h2*4-9,12-15,17-18,22,30H,3,10-11,16,19-21,23H2,1-2H3,(H,36,39);2*1H;1H2. The maximum atomic E-state index is 13.9. The molecule has 0 bridgehead atoms. The normalized spacial score (nSPS) is 24.2. The first-order valence-corrected chi connectivity index (χ1v) is 30.2. The molecule has 4 N–H and O–H groups in total. The average Bonchev–Trinajstić information content (AvgIpc) is 1.13. The minimum absolute atomic E-state index is 0. The second kappa shape index (κ2) is 30.6. The number of nitrogens with one attached hydrogen (secondary N) is 2. The van der Waals surface area contributed by atoms with Crippen LogP contribution in [0.25, 0.3) is 0 Å². The first kappa shape index (κ1) is 68.8. The van der Waals surface area contributed by atoms with E-state index in [1.54, 1.807) is 12.1 Å². The zero-order valence-electron chi connectivity index (χ0n) is 48.5. The van der Waals surface area contributed by atoms with Gasteiger partial charge in [-0.3, -0.25) is 29.0 Å². The molecule has 6 unspecified atom stereocenters. The maximum Gasteiger partial charge on any atom is 0.253 e. The van der Waals surface area contributed by atoms with Crippen molar-refractivity contribution in [3.63, 3.8) is 0 Å². The molecule has 0 saturated carbocycles. The van der Waals surface area contributed by atoms with E-state index >= 15 is 0 Å². The largest absolute Gasteiger partial charge is 0.412 e. The van der Waals surface area contributed by atoms with Gasteiger partial charge in [-0.25, -0.2) is 0 Å². The third-order valence-electron chi connectivity index (χ3n) is 17.0. The SMILES string of the molecule is CCN1CCCCC1OC1(c2ccc(Cl)c(Cl)c2)CN(C(=O)c2ccccc2)CCC1(NC(C)=O)c1ccccc1.CCN1CCCCC1OC1(c2ccc(Cl)c(Cl)c2)CN(C(=O)c2ccccc2)CCC1(NC(C)=O)c1ccccc1.Cl.Cl.O. The molecule has 6 aromatic rings.